The van der Waals surface area contributed by atoms with Crippen LogP contribution in [0.1, 0.15) is 31.1 Å². The molecule has 1 unspecified atom stereocenters. The van der Waals surface area contributed by atoms with Crippen LogP contribution >= 0.6 is 7.14 Å². The van der Waals surface area contributed by atoms with Crippen LogP contribution in [0.15, 0.2) is 67.0 Å². The fourth-order valence-corrected chi connectivity index (χ4v) is 6.13. The van der Waals surface area contributed by atoms with Gasteiger partial charge in [0.25, 0.3) is 0 Å². The van der Waals surface area contributed by atoms with Crippen LogP contribution in [-0.4, -0.2) is 39.3 Å². The topological polar surface area (TPSA) is 96.7 Å². The highest BCUT2D eigenvalue weighted by molar-refractivity contribution is 7.70. The number of fused-ring (bicyclic) bond motifs is 3. The van der Waals surface area contributed by atoms with Gasteiger partial charge < -0.3 is 19.8 Å². The van der Waals surface area contributed by atoms with Crippen molar-refractivity contribution in [3.05, 3.63) is 72.6 Å². The van der Waals surface area contributed by atoms with Gasteiger partial charge in [-0.15, -0.1) is 5.10 Å². The maximum atomic E-state index is 12.7. The second-order valence-corrected chi connectivity index (χ2v) is 13.1. The predicted molar refractivity (Wildman–Crippen MR) is 147 cm³/mol. The average molecular weight is 516 g/mol. The van der Waals surface area contributed by atoms with E-state index in [-0.39, 0.29) is 6.23 Å². The van der Waals surface area contributed by atoms with Gasteiger partial charge in [-0.05, 0) is 61.9 Å². The summed E-state index contributed by atoms with van der Waals surface area (Å²) in [7, 11) is -2.50. The van der Waals surface area contributed by atoms with Crippen LogP contribution in [0.2, 0.25) is 0 Å². The van der Waals surface area contributed by atoms with Crippen LogP contribution in [0.3, 0.4) is 0 Å². The van der Waals surface area contributed by atoms with Gasteiger partial charge in [-0.2, -0.15) is 5.10 Å². The van der Waals surface area contributed by atoms with Crippen LogP contribution in [0.4, 0.5) is 5.69 Å². The molecule has 9 heteroatoms. The van der Waals surface area contributed by atoms with Crippen LogP contribution < -0.4 is 15.8 Å². The van der Waals surface area contributed by atoms with Gasteiger partial charge in [0.05, 0.1) is 23.3 Å². The maximum absolute atomic E-state index is 12.7. The minimum Gasteiger partial charge on any atom is -0.487 e. The van der Waals surface area contributed by atoms with Crippen LogP contribution in [0, 0.1) is 0 Å². The number of nitrogens with two attached hydrogens (primary N) is 1. The highest BCUT2D eigenvalue weighted by Gasteiger charge is 2.24. The molecule has 1 fully saturated rings. The number of anilines is 1. The van der Waals surface area contributed by atoms with Gasteiger partial charge >= 0.3 is 0 Å². The second-order valence-electron chi connectivity index (χ2n) is 9.93. The Hall–Kier alpha value is -3.61. The lowest BCUT2D eigenvalue weighted by Gasteiger charge is -2.22. The zero-order valence-electron chi connectivity index (χ0n) is 21.0. The molecule has 0 spiro atoms. The monoisotopic (exact) mass is 515 g/mol. The summed E-state index contributed by atoms with van der Waals surface area (Å²) in [5.74, 6) is 0.684. The Morgan fingerprint density at radius 1 is 1.14 bits per heavy atom. The highest BCUT2D eigenvalue weighted by Crippen LogP contribution is 2.40. The largest absolute Gasteiger partial charge is 0.487 e. The molecule has 3 aromatic heterocycles. The fraction of sp³-hybridized carbons (Fsp3) is 0.286. The van der Waals surface area contributed by atoms with Gasteiger partial charge in [0.2, 0.25) is 0 Å². The normalized spacial score (nSPS) is 16.4. The summed E-state index contributed by atoms with van der Waals surface area (Å²) in [6.45, 7) is 4.63. The van der Waals surface area contributed by atoms with Crippen molar-refractivity contribution in [2.75, 3.05) is 25.7 Å². The van der Waals surface area contributed by atoms with Crippen molar-refractivity contribution in [2.24, 2.45) is 0 Å². The average Bonchev–Trinajstić information content (AvgIpc) is 3.46. The zero-order valence-corrected chi connectivity index (χ0v) is 21.9. The number of nitrogen functional groups attached to an aromatic ring is 1. The fourth-order valence-electron chi connectivity index (χ4n) is 5.01. The summed E-state index contributed by atoms with van der Waals surface area (Å²) in [4.78, 5) is 0. The molecule has 2 aromatic carbocycles. The lowest BCUT2D eigenvalue weighted by atomic mass is 10.0. The first-order valence-corrected chi connectivity index (χ1v) is 15.1. The zero-order chi connectivity index (χ0) is 25.6. The number of hydrogen-bond acceptors (Lipinski definition) is 6. The van der Waals surface area contributed by atoms with Crippen LogP contribution in [0.5, 0.6) is 5.75 Å². The van der Waals surface area contributed by atoms with Crippen molar-refractivity contribution in [2.45, 2.75) is 32.1 Å². The van der Waals surface area contributed by atoms with Crippen molar-refractivity contribution >= 4 is 34.7 Å². The molecule has 5 aromatic rings. The third kappa shape index (κ3) is 4.52. The molecule has 0 radical (unpaired) electrons. The Bertz CT molecular complexity index is 1630. The lowest BCUT2D eigenvalue weighted by Crippen LogP contribution is -2.19. The smallest absolute Gasteiger partial charge is 0.183 e. The SMILES string of the molecule is CP(C)(=O)c1ccc(-c2cc(OCc3ccccc3)cn3nc4c(cnn4C4CCCCO4)c23)cc1N. The third-order valence-corrected chi connectivity index (χ3v) is 8.41. The number of nitrogens with zero attached hydrogens (tertiary/aromatic N) is 4. The Morgan fingerprint density at radius 2 is 1.97 bits per heavy atom. The Kier molecular flexibility index (Phi) is 6.01. The van der Waals surface area contributed by atoms with E-state index >= 15 is 0 Å². The summed E-state index contributed by atoms with van der Waals surface area (Å²) in [6.07, 6.45) is 6.72. The quantitative estimate of drug-likeness (QED) is 0.238. The van der Waals surface area contributed by atoms with Crippen molar-refractivity contribution in [3.63, 3.8) is 0 Å². The molecule has 0 amide bonds. The summed E-state index contributed by atoms with van der Waals surface area (Å²) in [5.41, 5.74) is 11.5. The lowest BCUT2D eigenvalue weighted by molar-refractivity contribution is -0.0370. The first kappa shape index (κ1) is 23.8. The molecule has 0 saturated carbocycles. The first-order valence-electron chi connectivity index (χ1n) is 12.5. The van der Waals surface area contributed by atoms with E-state index in [9.17, 15) is 4.57 Å². The van der Waals surface area contributed by atoms with E-state index in [0.29, 0.717) is 23.3 Å². The molecule has 4 heterocycles. The highest BCUT2D eigenvalue weighted by atomic mass is 31.2. The van der Waals surface area contributed by atoms with Crippen molar-refractivity contribution in [1.82, 2.24) is 19.4 Å². The molecular formula is C28H30N5O3P. The molecule has 2 N–H and O–H groups in total. The van der Waals surface area contributed by atoms with Crippen LogP contribution in [0.25, 0.3) is 27.7 Å². The second kappa shape index (κ2) is 9.36. The molecule has 37 heavy (non-hydrogen) atoms. The molecule has 1 atom stereocenters. The molecule has 0 aliphatic carbocycles. The Morgan fingerprint density at radius 3 is 2.70 bits per heavy atom. The number of ether oxygens (including phenoxy) is 2. The van der Waals surface area contributed by atoms with Crippen molar-refractivity contribution < 1.29 is 14.0 Å². The van der Waals surface area contributed by atoms with Gasteiger partial charge in [-0.25, -0.2) is 9.20 Å². The van der Waals surface area contributed by atoms with Gasteiger partial charge in [-0.3, -0.25) is 0 Å². The number of hydrogen-bond donors (Lipinski definition) is 1. The van der Waals surface area contributed by atoms with E-state index in [1.165, 1.54) is 0 Å². The number of pyridine rings is 1. The maximum Gasteiger partial charge on any atom is 0.183 e. The summed E-state index contributed by atoms with van der Waals surface area (Å²) >= 11 is 0. The van der Waals surface area contributed by atoms with E-state index in [1.807, 2.05) is 76.2 Å². The Balaban J connectivity index is 1.50. The minimum absolute atomic E-state index is 0.119. The van der Waals surface area contributed by atoms with E-state index in [4.69, 9.17) is 20.3 Å². The number of aromatic nitrogens is 4. The van der Waals surface area contributed by atoms with Gasteiger partial charge in [0.1, 0.15) is 19.5 Å². The molecule has 1 aliphatic rings. The van der Waals surface area contributed by atoms with E-state index in [1.54, 1.807) is 13.3 Å². The standard InChI is InChI=1S/C28H30N5O3P/c1-37(2,34)25-12-11-20(14-24(25)29)22-15-21(36-18-19-8-4-3-5-9-19)17-32-27(22)23-16-30-33(28(23)31-32)26-10-6-7-13-35-26/h3-5,8-9,11-12,14-17,26H,6-7,10,13,18,29H2,1-2H3. The number of benzene rings is 2. The van der Waals surface area contributed by atoms with E-state index in [0.717, 1.165) is 59.1 Å². The van der Waals surface area contributed by atoms with E-state index < -0.39 is 7.14 Å². The first-order chi connectivity index (χ1) is 17.9. The minimum atomic E-state index is -2.50. The van der Waals surface area contributed by atoms with Gasteiger partial charge in [0, 0.05) is 23.2 Å². The summed E-state index contributed by atoms with van der Waals surface area (Å²) in [5, 5.41) is 11.2. The molecule has 190 valence electrons. The molecule has 8 nitrogen and oxygen atoms in total. The predicted octanol–water partition coefficient (Wildman–Crippen LogP) is 5.46. The molecule has 1 saturated heterocycles. The molecule has 0 bridgehead atoms. The third-order valence-electron chi connectivity index (χ3n) is 6.84. The summed E-state index contributed by atoms with van der Waals surface area (Å²) in [6, 6.07) is 17.8. The number of rotatable bonds is 6. The van der Waals surface area contributed by atoms with Crippen molar-refractivity contribution in [3.8, 4) is 16.9 Å². The molecule has 6 rings (SSSR count). The van der Waals surface area contributed by atoms with Crippen LogP contribution in [-0.2, 0) is 15.9 Å². The van der Waals surface area contributed by atoms with Crippen molar-refractivity contribution in [1.29, 1.82) is 0 Å². The summed E-state index contributed by atoms with van der Waals surface area (Å²) < 4.78 is 28.7. The molecular weight excluding hydrogens is 485 g/mol. The van der Waals surface area contributed by atoms with Gasteiger partial charge in [-0.1, -0.05) is 36.4 Å². The molecule has 1 aliphatic heterocycles. The van der Waals surface area contributed by atoms with Gasteiger partial charge in [0.15, 0.2) is 11.9 Å². The van der Waals surface area contributed by atoms with E-state index in [2.05, 4.69) is 5.10 Å². The Labute approximate surface area is 215 Å².